The van der Waals surface area contributed by atoms with Gasteiger partial charge in [-0.2, -0.15) is 0 Å². The summed E-state index contributed by atoms with van der Waals surface area (Å²) in [6.45, 7) is 2.62. The normalized spacial score (nSPS) is 13.1. The van der Waals surface area contributed by atoms with Gasteiger partial charge in [-0.3, -0.25) is 10.1 Å². The molecule has 1 aromatic heterocycles. The molecular weight excluding hydrogens is 412 g/mol. The minimum atomic E-state index is -3.29. The zero-order valence-corrected chi connectivity index (χ0v) is 17.2. The maximum atomic E-state index is 12.5. The molecule has 0 aliphatic carbocycles. The van der Waals surface area contributed by atoms with E-state index < -0.39 is 9.84 Å². The van der Waals surface area contributed by atoms with E-state index in [1.54, 1.807) is 6.92 Å². The molecule has 150 valence electrons. The van der Waals surface area contributed by atoms with Gasteiger partial charge in [0.15, 0.2) is 26.5 Å². The van der Waals surface area contributed by atoms with Crippen LogP contribution >= 0.6 is 11.3 Å². The van der Waals surface area contributed by atoms with Crippen LogP contribution in [-0.2, 0) is 9.84 Å². The van der Waals surface area contributed by atoms with Gasteiger partial charge < -0.3 is 9.47 Å². The van der Waals surface area contributed by atoms with E-state index in [-0.39, 0.29) is 16.6 Å². The number of amides is 1. The van der Waals surface area contributed by atoms with Crippen LogP contribution in [0.4, 0.5) is 5.13 Å². The van der Waals surface area contributed by atoms with Crippen LogP contribution in [0, 0.1) is 0 Å². The predicted octanol–water partition coefficient (Wildman–Crippen LogP) is 3.63. The van der Waals surface area contributed by atoms with Crippen molar-refractivity contribution in [1.29, 1.82) is 0 Å². The van der Waals surface area contributed by atoms with Crippen molar-refractivity contribution in [3.8, 4) is 22.8 Å². The van der Waals surface area contributed by atoms with Gasteiger partial charge in [0.2, 0.25) is 0 Å². The summed E-state index contributed by atoms with van der Waals surface area (Å²) in [6, 6.07) is 11.5. The summed E-state index contributed by atoms with van der Waals surface area (Å²) in [6.07, 6.45) is 0. The Morgan fingerprint density at radius 3 is 2.55 bits per heavy atom. The van der Waals surface area contributed by atoms with Crippen LogP contribution in [0.2, 0.25) is 0 Å². The number of fused-ring (bicyclic) bond motifs is 1. The molecule has 0 saturated carbocycles. The zero-order chi connectivity index (χ0) is 20.4. The summed E-state index contributed by atoms with van der Waals surface area (Å²) in [5.41, 5.74) is 1.93. The first kappa shape index (κ1) is 19.4. The quantitative estimate of drug-likeness (QED) is 0.664. The number of hydrogen-bond acceptors (Lipinski definition) is 7. The smallest absolute Gasteiger partial charge is 0.257 e. The van der Waals surface area contributed by atoms with Crippen LogP contribution in [-0.4, -0.2) is 38.3 Å². The molecular formula is C20H18N2O5S2. The van der Waals surface area contributed by atoms with Crippen molar-refractivity contribution >= 4 is 32.2 Å². The number of benzene rings is 2. The second-order valence-corrected chi connectivity index (χ2v) is 9.41. The van der Waals surface area contributed by atoms with Crippen molar-refractivity contribution < 1.29 is 22.7 Å². The number of carbonyl (C=O) groups excluding carboxylic acids is 1. The number of anilines is 1. The Bertz CT molecular complexity index is 1150. The molecule has 7 nitrogen and oxygen atoms in total. The van der Waals surface area contributed by atoms with Crippen molar-refractivity contribution in [3.63, 3.8) is 0 Å². The molecule has 0 unspecified atom stereocenters. The number of thiazole rings is 1. The highest BCUT2D eigenvalue weighted by molar-refractivity contribution is 7.91. The Morgan fingerprint density at radius 2 is 1.83 bits per heavy atom. The van der Waals surface area contributed by atoms with Crippen molar-refractivity contribution in [2.24, 2.45) is 0 Å². The average Bonchev–Trinajstić information content (AvgIpc) is 3.22. The van der Waals surface area contributed by atoms with E-state index in [0.717, 1.165) is 5.56 Å². The standard InChI is InChI=1S/C20H18N2O5S2/c1-2-29(24,25)15-6-3-13(4-7-15)19(23)22-20-21-16(12-28-20)14-5-8-17-18(11-14)27-10-9-26-17/h3-8,11-12H,2,9-10H2,1H3,(H,21,22,23). The molecule has 4 rings (SSSR count). The van der Waals surface area contributed by atoms with Crippen LogP contribution in [0.1, 0.15) is 17.3 Å². The number of hydrogen-bond donors (Lipinski definition) is 1. The largest absolute Gasteiger partial charge is 0.486 e. The third-order valence-corrected chi connectivity index (χ3v) is 6.93. The number of rotatable bonds is 5. The van der Waals surface area contributed by atoms with Gasteiger partial charge >= 0.3 is 0 Å². The zero-order valence-electron chi connectivity index (χ0n) is 15.5. The second kappa shape index (κ2) is 7.84. The van der Waals surface area contributed by atoms with Crippen molar-refractivity contribution in [2.45, 2.75) is 11.8 Å². The molecule has 2 heterocycles. The Labute approximate surface area is 172 Å². The molecule has 0 fully saturated rings. The highest BCUT2D eigenvalue weighted by Crippen LogP contribution is 2.35. The summed E-state index contributed by atoms with van der Waals surface area (Å²) < 4.78 is 34.9. The number of nitrogens with one attached hydrogen (secondary N) is 1. The SMILES string of the molecule is CCS(=O)(=O)c1ccc(C(=O)Nc2nc(-c3ccc4c(c3)OCCO4)cs2)cc1. The minimum absolute atomic E-state index is 0.0142. The first-order valence-electron chi connectivity index (χ1n) is 8.96. The van der Waals surface area contributed by atoms with Gasteiger partial charge in [-0.15, -0.1) is 11.3 Å². The maximum absolute atomic E-state index is 12.5. The molecule has 0 spiro atoms. The minimum Gasteiger partial charge on any atom is -0.486 e. The van der Waals surface area contributed by atoms with Crippen LogP contribution in [0.25, 0.3) is 11.3 Å². The van der Waals surface area contributed by atoms with Gasteiger partial charge in [-0.25, -0.2) is 13.4 Å². The summed E-state index contributed by atoms with van der Waals surface area (Å²) in [4.78, 5) is 17.1. The molecule has 1 aliphatic heterocycles. The van der Waals surface area contributed by atoms with Crippen LogP contribution in [0.5, 0.6) is 11.5 Å². The predicted molar refractivity (Wildman–Crippen MR) is 111 cm³/mol. The molecule has 1 N–H and O–H groups in total. The van der Waals surface area contributed by atoms with Crippen molar-refractivity contribution in [2.75, 3.05) is 24.3 Å². The summed E-state index contributed by atoms with van der Waals surface area (Å²) in [5.74, 6) is 1.04. The van der Waals surface area contributed by atoms with E-state index in [1.165, 1.54) is 35.6 Å². The molecule has 3 aromatic rings. The number of aromatic nitrogens is 1. The lowest BCUT2D eigenvalue weighted by atomic mass is 10.1. The van der Waals surface area contributed by atoms with Gasteiger partial charge in [-0.1, -0.05) is 6.92 Å². The fraction of sp³-hybridized carbons (Fsp3) is 0.200. The number of nitrogens with zero attached hydrogens (tertiary/aromatic N) is 1. The lowest BCUT2D eigenvalue weighted by Gasteiger charge is -2.18. The number of ether oxygens (including phenoxy) is 2. The van der Waals surface area contributed by atoms with E-state index >= 15 is 0 Å². The number of sulfone groups is 1. The third-order valence-electron chi connectivity index (χ3n) is 4.42. The van der Waals surface area contributed by atoms with Gasteiger partial charge in [0.1, 0.15) is 13.2 Å². The summed E-state index contributed by atoms with van der Waals surface area (Å²) >= 11 is 1.30. The Hall–Kier alpha value is -2.91. The fourth-order valence-corrected chi connectivity index (χ4v) is 4.41. The van der Waals surface area contributed by atoms with Crippen LogP contribution in [0.3, 0.4) is 0 Å². The Morgan fingerprint density at radius 1 is 1.10 bits per heavy atom. The van der Waals surface area contributed by atoms with E-state index in [4.69, 9.17) is 9.47 Å². The third kappa shape index (κ3) is 4.10. The lowest BCUT2D eigenvalue weighted by Crippen LogP contribution is -2.15. The maximum Gasteiger partial charge on any atom is 0.257 e. The first-order valence-corrected chi connectivity index (χ1v) is 11.5. The van der Waals surface area contributed by atoms with Crippen molar-refractivity contribution in [3.05, 3.63) is 53.4 Å². The highest BCUT2D eigenvalue weighted by Gasteiger charge is 2.16. The van der Waals surface area contributed by atoms with E-state index in [0.29, 0.717) is 41.1 Å². The van der Waals surface area contributed by atoms with E-state index in [1.807, 2.05) is 23.6 Å². The Kier molecular flexibility index (Phi) is 5.25. The molecule has 0 atom stereocenters. The molecule has 2 aromatic carbocycles. The van der Waals surface area contributed by atoms with Crippen molar-refractivity contribution in [1.82, 2.24) is 4.98 Å². The van der Waals surface area contributed by atoms with Crippen LogP contribution in [0.15, 0.2) is 52.7 Å². The fourth-order valence-electron chi connectivity index (χ4n) is 2.82. The molecule has 1 amide bonds. The monoisotopic (exact) mass is 430 g/mol. The van der Waals surface area contributed by atoms with Gasteiger partial charge in [-0.05, 0) is 42.5 Å². The molecule has 9 heteroatoms. The van der Waals surface area contributed by atoms with Crippen LogP contribution < -0.4 is 14.8 Å². The second-order valence-electron chi connectivity index (χ2n) is 6.28. The highest BCUT2D eigenvalue weighted by atomic mass is 32.2. The molecule has 0 saturated heterocycles. The van der Waals surface area contributed by atoms with E-state index in [2.05, 4.69) is 10.3 Å². The van der Waals surface area contributed by atoms with Gasteiger partial charge in [0.05, 0.1) is 16.3 Å². The lowest BCUT2D eigenvalue weighted by molar-refractivity contribution is 0.102. The van der Waals surface area contributed by atoms with Gasteiger partial charge in [0.25, 0.3) is 5.91 Å². The summed E-state index contributed by atoms with van der Waals surface area (Å²) in [5, 5.41) is 5.04. The first-order chi connectivity index (χ1) is 14.0. The molecule has 0 radical (unpaired) electrons. The molecule has 1 aliphatic rings. The molecule has 0 bridgehead atoms. The molecule has 29 heavy (non-hydrogen) atoms. The number of carbonyl (C=O) groups is 1. The van der Waals surface area contributed by atoms with Gasteiger partial charge in [0, 0.05) is 16.5 Å². The Balaban J connectivity index is 1.48. The van der Waals surface area contributed by atoms with E-state index in [9.17, 15) is 13.2 Å². The summed E-state index contributed by atoms with van der Waals surface area (Å²) in [7, 11) is -3.29. The average molecular weight is 431 g/mol. The topological polar surface area (TPSA) is 94.6 Å².